The van der Waals surface area contributed by atoms with Crippen molar-refractivity contribution in [1.29, 1.82) is 5.26 Å². The predicted molar refractivity (Wildman–Crippen MR) is 128 cm³/mol. The third-order valence-electron chi connectivity index (χ3n) is 4.12. The minimum Gasteiger partial charge on any atom is -0.428 e. The number of nitro benzene ring substituents is 1. The Labute approximate surface area is 209 Å². The molecule has 0 fully saturated rings. The van der Waals surface area contributed by atoms with E-state index in [2.05, 4.69) is 0 Å². The first-order chi connectivity index (χ1) is 16.5. The van der Waals surface area contributed by atoms with Crippen LogP contribution in [0.5, 0.6) is 11.5 Å². The highest BCUT2D eigenvalue weighted by atomic mass is 16.8. The van der Waals surface area contributed by atoms with Crippen molar-refractivity contribution in [3.8, 4) is 17.6 Å². The van der Waals surface area contributed by atoms with Crippen molar-refractivity contribution in [1.82, 2.24) is 4.90 Å². The molecule has 1 aromatic rings. The van der Waals surface area contributed by atoms with Gasteiger partial charge in [0.1, 0.15) is 22.8 Å². The van der Waals surface area contributed by atoms with E-state index in [1.807, 2.05) is 0 Å². The van der Waals surface area contributed by atoms with Gasteiger partial charge in [-0.15, -0.1) is 0 Å². The number of carbonyl (C=O) groups excluding carboxylic acids is 3. The van der Waals surface area contributed by atoms with E-state index >= 15 is 0 Å². The summed E-state index contributed by atoms with van der Waals surface area (Å²) in [7, 11) is 0. The molecule has 0 aliphatic carbocycles. The molecule has 0 N–H and O–H groups in total. The number of nitrogens with zero attached hydrogens (tertiary/aromatic N) is 3. The first kappa shape index (κ1) is 29.9. The smallest absolute Gasteiger partial charge is 0.428 e. The number of nitriles is 1. The molecule has 0 saturated carbocycles. The number of ether oxygens (including phenoxy) is 4. The summed E-state index contributed by atoms with van der Waals surface area (Å²) in [6.07, 6.45) is -1.41. The highest BCUT2D eigenvalue weighted by Crippen LogP contribution is 2.40. The van der Waals surface area contributed by atoms with E-state index in [-0.39, 0.29) is 11.1 Å². The van der Waals surface area contributed by atoms with E-state index in [0.717, 1.165) is 18.2 Å². The Hall–Kier alpha value is -4.14. The highest BCUT2D eigenvalue weighted by Gasteiger charge is 2.30. The molecule has 36 heavy (non-hydrogen) atoms. The summed E-state index contributed by atoms with van der Waals surface area (Å²) in [5.74, 6) is -1.86. The zero-order chi connectivity index (χ0) is 27.8. The Morgan fingerprint density at radius 2 is 1.50 bits per heavy atom. The van der Waals surface area contributed by atoms with Crippen LogP contribution in [0.4, 0.5) is 15.3 Å². The summed E-state index contributed by atoms with van der Waals surface area (Å²) in [4.78, 5) is 49.6. The lowest BCUT2D eigenvalue weighted by molar-refractivity contribution is -0.385. The Bertz CT molecular complexity index is 1090. The quantitative estimate of drug-likeness (QED) is 0.123. The maximum Gasteiger partial charge on any atom is 0.514 e. The summed E-state index contributed by atoms with van der Waals surface area (Å²) in [5, 5.41) is 21.3. The highest BCUT2D eigenvalue weighted by molar-refractivity contribution is 6.01. The van der Waals surface area contributed by atoms with Crippen LogP contribution in [0.15, 0.2) is 17.7 Å². The zero-order valence-electron chi connectivity index (χ0n) is 21.7. The molecule has 0 aromatic heterocycles. The lowest BCUT2D eigenvalue weighted by Crippen LogP contribution is -2.31. The van der Waals surface area contributed by atoms with E-state index in [0.29, 0.717) is 13.1 Å². The van der Waals surface area contributed by atoms with Gasteiger partial charge in [-0.25, -0.2) is 9.59 Å². The van der Waals surface area contributed by atoms with Gasteiger partial charge in [-0.3, -0.25) is 14.9 Å². The fourth-order valence-electron chi connectivity index (χ4n) is 2.71. The first-order valence-electron chi connectivity index (χ1n) is 11.1. The average molecular weight is 506 g/mol. The molecule has 0 radical (unpaired) electrons. The van der Waals surface area contributed by atoms with Gasteiger partial charge < -0.3 is 23.8 Å². The molecular weight excluding hydrogens is 474 g/mol. The van der Waals surface area contributed by atoms with E-state index in [1.54, 1.807) is 61.5 Å². The van der Waals surface area contributed by atoms with Gasteiger partial charge in [0.05, 0.1) is 4.92 Å². The van der Waals surface area contributed by atoms with Crippen LogP contribution in [0, 0.1) is 21.4 Å². The second-order valence-corrected chi connectivity index (χ2v) is 9.40. The van der Waals surface area contributed by atoms with Crippen LogP contribution in [-0.4, -0.2) is 52.3 Å². The van der Waals surface area contributed by atoms with Gasteiger partial charge in [0, 0.05) is 19.2 Å². The number of amides is 1. The van der Waals surface area contributed by atoms with Crippen molar-refractivity contribution in [2.45, 2.75) is 66.6 Å². The third-order valence-corrected chi connectivity index (χ3v) is 4.12. The number of rotatable bonds is 7. The molecule has 0 saturated heterocycles. The van der Waals surface area contributed by atoms with Crippen LogP contribution >= 0.6 is 0 Å². The Kier molecular flexibility index (Phi) is 9.97. The van der Waals surface area contributed by atoms with Crippen LogP contribution in [0.25, 0.3) is 6.08 Å². The van der Waals surface area contributed by atoms with Crippen molar-refractivity contribution in [3.63, 3.8) is 0 Å². The van der Waals surface area contributed by atoms with Crippen LogP contribution in [0.1, 0.15) is 61.0 Å². The van der Waals surface area contributed by atoms with Crippen molar-refractivity contribution < 1.29 is 38.3 Å². The number of carbonyl (C=O) groups is 3. The monoisotopic (exact) mass is 505 g/mol. The minimum absolute atomic E-state index is 0.0335. The molecule has 0 heterocycles. The average Bonchev–Trinajstić information content (AvgIpc) is 2.71. The second kappa shape index (κ2) is 12.0. The largest absolute Gasteiger partial charge is 0.514 e. The maximum atomic E-state index is 12.6. The molecule has 0 bridgehead atoms. The summed E-state index contributed by atoms with van der Waals surface area (Å²) in [6, 6.07) is 3.84. The molecule has 1 rings (SSSR count). The fourth-order valence-corrected chi connectivity index (χ4v) is 2.71. The molecule has 1 aromatic carbocycles. The van der Waals surface area contributed by atoms with E-state index in [1.165, 1.54) is 4.90 Å². The number of hydrogen-bond donors (Lipinski definition) is 0. The van der Waals surface area contributed by atoms with Gasteiger partial charge >= 0.3 is 18.0 Å². The minimum atomic E-state index is -1.28. The SMILES string of the molecule is CCN(CC)C(=O)/C(C#N)=C/c1cc(OC(=O)OC(C)(C)C)c(OC(=O)OC(C)(C)C)c([N+](=O)[O-])c1. The molecular formula is C24H31N3O9. The molecule has 0 unspecified atom stereocenters. The third kappa shape index (κ3) is 9.25. The summed E-state index contributed by atoms with van der Waals surface area (Å²) in [5.41, 5.74) is -3.06. The van der Waals surface area contributed by atoms with Crippen LogP contribution in [0.3, 0.4) is 0 Å². The second-order valence-electron chi connectivity index (χ2n) is 9.40. The molecule has 12 heteroatoms. The van der Waals surface area contributed by atoms with Crippen LogP contribution in [-0.2, 0) is 14.3 Å². The number of nitro groups is 1. The maximum absolute atomic E-state index is 12.6. The van der Waals surface area contributed by atoms with Gasteiger partial charge in [0.2, 0.25) is 0 Å². The van der Waals surface area contributed by atoms with Crippen molar-refractivity contribution in [2.75, 3.05) is 13.1 Å². The van der Waals surface area contributed by atoms with Gasteiger partial charge in [-0.05, 0) is 73.1 Å². The van der Waals surface area contributed by atoms with E-state index < -0.39 is 51.5 Å². The zero-order valence-corrected chi connectivity index (χ0v) is 21.7. The molecule has 1 amide bonds. The van der Waals surface area contributed by atoms with Gasteiger partial charge in [0.15, 0.2) is 5.75 Å². The fraction of sp³-hybridized carbons (Fsp3) is 0.500. The standard InChI is InChI=1S/C24H31N3O9/c1-9-26(10-2)20(28)16(14-25)11-15-12-17(27(31)32)19(34-22(30)36-24(6,7)8)18(13-15)33-21(29)35-23(3,4)5/h11-13H,9-10H2,1-8H3/b16-11+. The van der Waals surface area contributed by atoms with Crippen LogP contribution in [0.2, 0.25) is 0 Å². The lowest BCUT2D eigenvalue weighted by Gasteiger charge is -2.21. The van der Waals surface area contributed by atoms with Crippen molar-refractivity contribution >= 4 is 30.0 Å². The van der Waals surface area contributed by atoms with Gasteiger partial charge in [0.25, 0.3) is 11.7 Å². The van der Waals surface area contributed by atoms with Crippen molar-refractivity contribution in [2.24, 2.45) is 0 Å². The van der Waals surface area contributed by atoms with E-state index in [9.17, 15) is 29.8 Å². The van der Waals surface area contributed by atoms with Crippen molar-refractivity contribution in [3.05, 3.63) is 33.4 Å². The van der Waals surface area contributed by atoms with E-state index in [4.69, 9.17) is 18.9 Å². The molecule has 0 spiro atoms. The Morgan fingerprint density at radius 1 is 1.00 bits per heavy atom. The number of hydrogen-bond acceptors (Lipinski definition) is 10. The lowest BCUT2D eigenvalue weighted by atomic mass is 10.1. The predicted octanol–water partition coefficient (Wildman–Crippen LogP) is 5.00. The summed E-state index contributed by atoms with van der Waals surface area (Å²) in [6.45, 7) is 13.5. The van der Waals surface area contributed by atoms with Gasteiger partial charge in [-0.1, -0.05) is 0 Å². The Balaban J connectivity index is 3.70. The first-order valence-corrected chi connectivity index (χ1v) is 11.1. The number of benzene rings is 1. The van der Waals surface area contributed by atoms with Crippen LogP contribution < -0.4 is 9.47 Å². The van der Waals surface area contributed by atoms with Gasteiger partial charge in [-0.2, -0.15) is 5.26 Å². The summed E-state index contributed by atoms with van der Waals surface area (Å²) < 4.78 is 20.3. The molecule has 12 nitrogen and oxygen atoms in total. The molecule has 0 aliphatic heterocycles. The Morgan fingerprint density at radius 3 is 1.92 bits per heavy atom. The molecule has 0 aliphatic rings. The molecule has 0 atom stereocenters. The normalized spacial score (nSPS) is 11.7. The summed E-state index contributed by atoms with van der Waals surface area (Å²) >= 11 is 0. The molecule has 196 valence electrons. The topological polar surface area (TPSA) is 158 Å². The number of likely N-dealkylation sites (N-methyl/N-ethyl adjacent to an activating group) is 1.